The third kappa shape index (κ3) is 3.29. The van der Waals surface area contributed by atoms with Gasteiger partial charge in [-0.25, -0.2) is 0 Å². The van der Waals surface area contributed by atoms with Crippen molar-refractivity contribution < 1.29 is 14.6 Å². The normalized spacial score (nSPS) is 41.6. The Bertz CT molecular complexity index is 479. The molecular formula is C19H28O3. The highest BCUT2D eigenvalue weighted by molar-refractivity contribution is 5.70. The van der Waals surface area contributed by atoms with Gasteiger partial charge in [0.1, 0.15) is 6.10 Å². The van der Waals surface area contributed by atoms with E-state index < -0.39 is 6.10 Å². The Morgan fingerprint density at radius 2 is 2.14 bits per heavy atom. The largest absolute Gasteiger partial charge is 0.462 e. The van der Waals surface area contributed by atoms with Gasteiger partial charge in [-0.3, -0.25) is 4.79 Å². The molecular weight excluding hydrogens is 276 g/mol. The van der Waals surface area contributed by atoms with E-state index in [1.807, 2.05) is 0 Å². The second-order valence-electron chi connectivity index (χ2n) is 7.45. The van der Waals surface area contributed by atoms with Crippen LogP contribution in [0.15, 0.2) is 23.8 Å². The number of allylic oxidation sites excluding steroid dienone is 4. The van der Waals surface area contributed by atoms with Crippen LogP contribution in [0.3, 0.4) is 0 Å². The zero-order chi connectivity index (χ0) is 15.7. The van der Waals surface area contributed by atoms with Crippen molar-refractivity contribution in [3.05, 3.63) is 23.8 Å². The van der Waals surface area contributed by atoms with E-state index in [0.717, 1.165) is 18.8 Å². The van der Waals surface area contributed by atoms with Crippen LogP contribution in [0, 0.1) is 23.7 Å². The van der Waals surface area contributed by atoms with Gasteiger partial charge in [0.2, 0.25) is 0 Å². The highest BCUT2D eigenvalue weighted by Crippen LogP contribution is 2.45. The molecule has 0 aromatic carbocycles. The second kappa shape index (κ2) is 6.57. The number of rotatable bonds is 3. The van der Waals surface area contributed by atoms with Crippen LogP contribution in [-0.4, -0.2) is 23.3 Å². The number of cyclic esters (lactones) is 1. The highest BCUT2D eigenvalue weighted by atomic mass is 16.5. The Hall–Kier alpha value is -1.09. The topological polar surface area (TPSA) is 46.5 Å². The van der Waals surface area contributed by atoms with Crippen LogP contribution in [0.4, 0.5) is 0 Å². The zero-order valence-electron chi connectivity index (χ0n) is 13.7. The lowest BCUT2D eigenvalue weighted by Gasteiger charge is -2.41. The molecule has 1 heterocycles. The Balaban J connectivity index is 1.65. The van der Waals surface area contributed by atoms with E-state index in [0.29, 0.717) is 24.2 Å². The van der Waals surface area contributed by atoms with Gasteiger partial charge in [-0.2, -0.15) is 0 Å². The maximum absolute atomic E-state index is 11.5. The third-order valence-electron chi connectivity index (χ3n) is 5.79. The number of hydrogen-bond acceptors (Lipinski definition) is 3. The summed E-state index contributed by atoms with van der Waals surface area (Å²) in [5.74, 6) is 2.35. The van der Waals surface area contributed by atoms with Crippen LogP contribution in [0.1, 0.15) is 52.4 Å². The molecule has 3 nitrogen and oxygen atoms in total. The quantitative estimate of drug-likeness (QED) is 0.810. The van der Waals surface area contributed by atoms with Crippen molar-refractivity contribution in [1.82, 2.24) is 0 Å². The van der Waals surface area contributed by atoms with Gasteiger partial charge in [0.25, 0.3) is 0 Å². The summed E-state index contributed by atoms with van der Waals surface area (Å²) in [5.41, 5.74) is 1.52. The Morgan fingerprint density at radius 1 is 1.32 bits per heavy atom. The van der Waals surface area contributed by atoms with Gasteiger partial charge in [0, 0.05) is 6.42 Å². The maximum Gasteiger partial charge on any atom is 0.308 e. The lowest BCUT2D eigenvalue weighted by molar-refractivity contribution is -0.160. The van der Waals surface area contributed by atoms with E-state index in [-0.39, 0.29) is 18.5 Å². The molecule has 3 aliphatic rings. The number of hydrogen-bond donors (Lipinski definition) is 1. The van der Waals surface area contributed by atoms with Gasteiger partial charge in [-0.05, 0) is 54.9 Å². The van der Waals surface area contributed by atoms with Crippen LogP contribution in [0.25, 0.3) is 0 Å². The molecule has 122 valence electrons. The molecule has 3 rings (SSSR count). The fraction of sp³-hybridized carbons (Fsp3) is 0.737. The third-order valence-corrected chi connectivity index (χ3v) is 5.79. The van der Waals surface area contributed by atoms with E-state index in [2.05, 4.69) is 32.1 Å². The number of ether oxygens (including phenoxy) is 1. The smallest absolute Gasteiger partial charge is 0.308 e. The van der Waals surface area contributed by atoms with Crippen molar-refractivity contribution in [2.75, 3.05) is 0 Å². The molecule has 0 amide bonds. The van der Waals surface area contributed by atoms with Crippen LogP contribution in [-0.2, 0) is 9.53 Å². The Labute approximate surface area is 133 Å². The predicted octanol–water partition coefficient (Wildman–Crippen LogP) is 3.63. The van der Waals surface area contributed by atoms with E-state index in [1.54, 1.807) is 0 Å². The number of aliphatic hydroxyl groups excluding tert-OH is 1. The molecule has 1 fully saturated rings. The summed E-state index contributed by atoms with van der Waals surface area (Å²) in [7, 11) is 0. The van der Waals surface area contributed by atoms with Crippen LogP contribution >= 0.6 is 0 Å². The summed E-state index contributed by atoms with van der Waals surface area (Å²) >= 11 is 0. The molecule has 3 heteroatoms. The van der Waals surface area contributed by atoms with Gasteiger partial charge >= 0.3 is 5.97 Å². The Morgan fingerprint density at radius 3 is 2.91 bits per heavy atom. The lowest BCUT2D eigenvalue weighted by atomic mass is 9.64. The minimum absolute atomic E-state index is 0.0966. The number of fused-ring (bicyclic) bond motifs is 1. The van der Waals surface area contributed by atoms with Gasteiger partial charge < -0.3 is 9.84 Å². The zero-order valence-corrected chi connectivity index (χ0v) is 13.7. The van der Waals surface area contributed by atoms with E-state index >= 15 is 0 Å². The van der Waals surface area contributed by atoms with Gasteiger partial charge in [0.15, 0.2) is 0 Å². The summed E-state index contributed by atoms with van der Waals surface area (Å²) < 4.78 is 5.41. The molecule has 1 saturated heterocycles. The SMILES string of the molecule is CC1C=CC2=CCCC(C)C2C1CCC1CC(O)CC(=O)O1. The standard InChI is InChI=1S/C19H28O3/c1-12-6-7-14-5-3-4-13(2)19(14)17(12)9-8-16-10-15(20)11-18(21)22-16/h5-7,12-13,15-17,19-20H,3-4,8-11H2,1-2H3. The molecule has 0 spiro atoms. The summed E-state index contributed by atoms with van der Waals surface area (Å²) in [6.07, 6.45) is 11.7. The number of carbonyl (C=O) groups excluding carboxylic acids is 1. The minimum Gasteiger partial charge on any atom is -0.462 e. The van der Waals surface area contributed by atoms with Crippen LogP contribution < -0.4 is 0 Å². The fourth-order valence-electron chi connectivity index (χ4n) is 4.60. The highest BCUT2D eigenvalue weighted by Gasteiger charge is 2.37. The van der Waals surface area contributed by atoms with Gasteiger partial charge in [0.05, 0.1) is 12.5 Å². The lowest BCUT2D eigenvalue weighted by Crippen LogP contribution is -2.35. The van der Waals surface area contributed by atoms with Crippen molar-refractivity contribution in [3.8, 4) is 0 Å². The molecule has 2 aliphatic carbocycles. The molecule has 6 unspecified atom stereocenters. The first-order valence-corrected chi connectivity index (χ1v) is 8.80. The van der Waals surface area contributed by atoms with Crippen molar-refractivity contribution in [1.29, 1.82) is 0 Å². The monoisotopic (exact) mass is 304 g/mol. The molecule has 22 heavy (non-hydrogen) atoms. The van der Waals surface area contributed by atoms with Gasteiger partial charge in [-0.15, -0.1) is 0 Å². The van der Waals surface area contributed by atoms with Crippen molar-refractivity contribution in [2.24, 2.45) is 23.7 Å². The van der Waals surface area contributed by atoms with Crippen LogP contribution in [0.2, 0.25) is 0 Å². The average molecular weight is 304 g/mol. The molecule has 0 saturated carbocycles. The van der Waals surface area contributed by atoms with Crippen LogP contribution in [0.5, 0.6) is 0 Å². The second-order valence-corrected chi connectivity index (χ2v) is 7.45. The number of esters is 1. The van der Waals surface area contributed by atoms with Crippen molar-refractivity contribution in [3.63, 3.8) is 0 Å². The minimum atomic E-state index is -0.515. The molecule has 6 atom stereocenters. The molecule has 1 N–H and O–H groups in total. The van der Waals surface area contributed by atoms with E-state index in [4.69, 9.17) is 4.74 Å². The summed E-state index contributed by atoms with van der Waals surface area (Å²) in [6, 6.07) is 0. The molecule has 1 aliphatic heterocycles. The first-order chi connectivity index (χ1) is 10.5. The summed E-state index contributed by atoms with van der Waals surface area (Å²) in [5, 5.41) is 9.75. The first kappa shape index (κ1) is 15.8. The number of carbonyl (C=O) groups is 1. The fourth-order valence-corrected chi connectivity index (χ4v) is 4.60. The summed E-state index contributed by atoms with van der Waals surface area (Å²) in [6.45, 7) is 4.68. The maximum atomic E-state index is 11.5. The van der Waals surface area contributed by atoms with E-state index in [9.17, 15) is 9.90 Å². The molecule has 0 aromatic rings. The number of aliphatic hydroxyl groups is 1. The predicted molar refractivity (Wildman–Crippen MR) is 86.1 cm³/mol. The average Bonchev–Trinajstić information content (AvgIpc) is 2.46. The van der Waals surface area contributed by atoms with E-state index in [1.165, 1.54) is 18.4 Å². The molecule has 0 aromatic heterocycles. The summed E-state index contributed by atoms with van der Waals surface area (Å²) in [4.78, 5) is 11.5. The first-order valence-electron chi connectivity index (χ1n) is 8.80. The molecule has 0 bridgehead atoms. The van der Waals surface area contributed by atoms with Gasteiger partial charge in [-0.1, -0.05) is 32.1 Å². The molecule has 0 radical (unpaired) electrons. The van der Waals surface area contributed by atoms with Crippen molar-refractivity contribution in [2.45, 2.75) is 64.6 Å². The van der Waals surface area contributed by atoms with Crippen molar-refractivity contribution >= 4 is 5.97 Å². The Kier molecular flexibility index (Phi) is 4.72.